The van der Waals surface area contributed by atoms with Crippen LogP contribution >= 0.6 is 0 Å². The van der Waals surface area contributed by atoms with E-state index in [-0.39, 0.29) is 0 Å². The molecule has 0 bridgehead atoms. The molecule has 0 unspecified atom stereocenters. The maximum Gasteiger partial charge on any atom is 0.0730 e. The maximum atomic E-state index is 5.54. The molecule has 11 aromatic rings. The van der Waals surface area contributed by atoms with Gasteiger partial charge in [0.25, 0.3) is 0 Å². The van der Waals surface area contributed by atoms with Gasteiger partial charge in [0.05, 0.1) is 33.8 Å². The van der Waals surface area contributed by atoms with Crippen molar-refractivity contribution < 1.29 is 0 Å². The number of para-hydroxylation sites is 2. The molecule has 9 aromatic carbocycles. The van der Waals surface area contributed by atoms with Crippen LogP contribution in [0.1, 0.15) is 11.1 Å². The van der Waals surface area contributed by atoms with E-state index in [0.717, 1.165) is 61.7 Å². The zero-order valence-corrected chi connectivity index (χ0v) is 38.0. The summed E-state index contributed by atoms with van der Waals surface area (Å²) in [6.07, 6.45) is 4.35. The van der Waals surface area contributed by atoms with Crippen molar-refractivity contribution in [1.82, 2.24) is 9.55 Å². The average molecular weight is 872 g/mol. The topological polar surface area (TPSA) is 21.1 Å². The van der Waals surface area contributed by atoms with Crippen molar-refractivity contribution in [3.05, 3.63) is 273 Å². The van der Waals surface area contributed by atoms with Gasteiger partial charge in [-0.2, -0.15) is 0 Å². The smallest absolute Gasteiger partial charge is 0.0730 e. The minimum atomic E-state index is 0.628. The minimum absolute atomic E-state index is 0.628. The van der Waals surface area contributed by atoms with Crippen LogP contribution in [0.3, 0.4) is 0 Å². The van der Waals surface area contributed by atoms with Crippen LogP contribution in [0.5, 0.6) is 0 Å². The molecule has 11 rings (SSSR count). The summed E-state index contributed by atoms with van der Waals surface area (Å²) in [5, 5.41) is 2.41. The van der Waals surface area contributed by atoms with Crippen LogP contribution in [0.25, 0.3) is 89.0 Å². The molecule has 0 spiro atoms. The molecule has 0 atom stereocenters. The molecule has 0 N–H and O–H groups in total. The molecule has 2 aromatic heterocycles. The molecule has 0 amide bonds. The number of hydrogen-bond donors (Lipinski definition) is 0. The summed E-state index contributed by atoms with van der Waals surface area (Å²) in [4.78, 5) is 7.95. The van der Waals surface area contributed by atoms with Crippen LogP contribution in [-0.4, -0.2) is 16.1 Å². The fourth-order valence-corrected chi connectivity index (χ4v) is 9.59. The molecular formula is C65H49N3. The van der Waals surface area contributed by atoms with Gasteiger partial charge in [0.1, 0.15) is 0 Å². The molecule has 0 aliphatic carbocycles. The SMILES string of the molecule is C=C(/C=C\CN(c1ccc(-c2ccccc2)cc1C)c1ccccc1-c1cccc(-c2ccccc2-n2c3ccc(-c4ccccc4)cc3c3cc(-c4ccccc4)ccc32)n1)c1ccccc1. The summed E-state index contributed by atoms with van der Waals surface area (Å²) in [5.74, 6) is 0. The number of nitrogens with zero attached hydrogens (tertiary/aromatic N) is 3. The monoisotopic (exact) mass is 871 g/mol. The third-order valence-corrected chi connectivity index (χ3v) is 13.0. The molecule has 68 heavy (non-hydrogen) atoms. The zero-order chi connectivity index (χ0) is 45.8. The van der Waals surface area contributed by atoms with Crippen molar-refractivity contribution in [2.24, 2.45) is 0 Å². The van der Waals surface area contributed by atoms with Gasteiger partial charge >= 0.3 is 0 Å². The Morgan fingerprint density at radius 2 is 0.941 bits per heavy atom. The summed E-state index contributed by atoms with van der Waals surface area (Å²) in [5.41, 5.74) is 19.9. The Bertz CT molecular complexity index is 3510. The van der Waals surface area contributed by atoms with Crippen molar-refractivity contribution in [2.45, 2.75) is 6.92 Å². The number of pyridine rings is 1. The van der Waals surface area contributed by atoms with Gasteiger partial charge in [-0.05, 0) is 118 Å². The van der Waals surface area contributed by atoms with Crippen molar-refractivity contribution in [2.75, 3.05) is 11.4 Å². The Kier molecular flexibility index (Phi) is 11.5. The minimum Gasteiger partial charge on any atom is -0.337 e. The first-order chi connectivity index (χ1) is 33.6. The number of aryl methyl sites for hydroxylation is 1. The van der Waals surface area contributed by atoms with Crippen molar-refractivity contribution >= 4 is 38.8 Å². The molecule has 0 saturated carbocycles. The van der Waals surface area contributed by atoms with Gasteiger partial charge in [-0.1, -0.05) is 201 Å². The number of anilines is 2. The van der Waals surface area contributed by atoms with Gasteiger partial charge in [0.2, 0.25) is 0 Å². The molecule has 3 heteroatoms. The summed E-state index contributed by atoms with van der Waals surface area (Å²) in [6, 6.07) is 86.6. The fraction of sp³-hybridized carbons (Fsp3) is 0.0308. The van der Waals surface area contributed by atoms with E-state index in [1.54, 1.807) is 0 Å². The fourth-order valence-electron chi connectivity index (χ4n) is 9.59. The van der Waals surface area contributed by atoms with Crippen LogP contribution in [-0.2, 0) is 0 Å². The Hall–Kier alpha value is -8.79. The van der Waals surface area contributed by atoms with Gasteiger partial charge in [-0.25, -0.2) is 4.98 Å². The molecule has 0 aliphatic heterocycles. The summed E-state index contributed by atoms with van der Waals surface area (Å²) < 4.78 is 2.42. The number of hydrogen-bond acceptors (Lipinski definition) is 2. The van der Waals surface area contributed by atoms with Crippen LogP contribution in [0.2, 0.25) is 0 Å². The lowest BCUT2D eigenvalue weighted by Gasteiger charge is -2.28. The van der Waals surface area contributed by atoms with Gasteiger partial charge in [0.15, 0.2) is 0 Å². The molecule has 0 radical (unpaired) electrons. The van der Waals surface area contributed by atoms with Gasteiger partial charge in [-0.3, -0.25) is 0 Å². The second kappa shape index (κ2) is 18.6. The quantitative estimate of drug-likeness (QED) is 0.114. The number of benzene rings is 9. The van der Waals surface area contributed by atoms with E-state index in [9.17, 15) is 0 Å². The van der Waals surface area contributed by atoms with E-state index >= 15 is 0 Å². The largest absolute Gasteiger partial charge is 0.337 e. The highest BCUT2D eigenvalue weighted by molar-refractivity contribution is 6.12. The lowest BCUT2D eigenvalue weighted by atomic mass is 10.0. The predicted molar refractivity (Wildman–Crippen MR) is 289 cm³/mol. The maximum absolute atomic E-state index is 5.54. The first-order valence-corrected chi connectivity index (χ1v) is 23.3. The second-order valence-electron chi connectivity index (χ2n) is 17.2. The summed E-state index contributed by atoms with van der Waals surface area (Å²) in [6.45, 7) is 7.24. The highest BCUT2D eigenvalue weighted by Gasteiger charge is 2.20. The normalized spacial score (nSPS) is 11.4. The number of fused-ring (bicyclic) bond motifs is 3. The summed E-state index contributed by atoms with van der Waals surface area (Å²) >= 11 is 0. The van der Waals surface area contributed by atoms with Crippen LogP contribution in [0, 0.1) is 6.92 Å². The number of rotatable bonds is 12. The lowest BCUT2D eigenvalue weighted by molar-refractivity contribution is 1.08. The van der Waals surface area contributed by atoms with E-state index < -0.39 is 0 Å². The molecule has 3 nitrogen and oxygen atoms in total. The van der Waals surface area contributed by atoms with Crippen LogP contribution < -0.4 is 4.90 Å². The van der Waals surface area contributed by atoms with Gasteiger partial charge in [0, 0.05) is 34.1 Å². The first-order valence-electron chi connectivity index (χ1n) is 23.3. The average Bonchev–Trinajstić information content (AvgIpc) is 3.74. The third-order valence-electron chi connectivity index (χ3n) is 13.0. The standard InChI is InChI=1S/C65H49N3/c1-46(48-22-7-3-8-23-48)21-20-42-67(61-39-36-52(43-47(61)2)49-24-9-4-10-25-49)62-34-17-15-30-55(62)59-32-19-33-60(66-59)56-31-16-18-35-63(56)68-64-40-37-53(50-26-11-5-12-27-50)44-57(64)58-45-54(38-41-65(58)68)51-28-13-6-14-29-51/h3-41,43-45H,1,42H2,2H3/b21-20-. The highest BCUT2D eigenvalue weighted by atomic mass is 15.1. The predicted octanol–water partition coefficient (Wildman–Crippen LogP) is 17.2. The molecule has 0 saturated heterocycles. The molecule has 0 aliphatic rings. The Morgan fingerprint density at radius 1 is 0.456 bits per heavy atom. The summed E-state index contributed by atoms with van der Waals surface area (Å²) in [7, 11) is 0. The van der Waals surface area contributed by atoms with Crippen LogP contribution in [0.15, 0.2) is 261 Å². The molecule has 324 valence electrons. The van der Waals surface area contributed by atoms with E-state index in [1.807, 2.05) is 6.07 Å². The van der Waals surface area contributed by atoms with Crippen molar-refractivity contribution in [1.29, 1.82) is 0 Å². The van der Waals surface area contributed by atoms with Crippen molar-refractivity contribution in [3.63, 3.8) is 0 Å². The first kappa shape index (κ1) is 41.9. The number of allylic oxidation sites excluding steroid dienone is 2. The van der Waals surface area contributed by atoms with Gasteiger partial charge in [-0.15, -0.1) is 0 Å². The third kappa shape index (κ3) is 8.23. The molecule has 2 heterocycles. The molecule has 0 fully saturated rings. The second-order valence-corrected chi connectivity index (χ2v) is 17.2. The lowest BCUT2D eigenvalue weighted by Crippen LogP contribution is -2.19. The Labute approximate surface area is 398 Å². The Morgan fingerprint density at radius 3 is 1.53 bits per heavy atom. The number of aromatic nitrogens is 2. The Balaban J connectivity index is 1.02. The van der Waals surface area contributed by atoms with Gasteiger partial charge < -0.3 is 9.47 Å². The highest BCUT2D eigenvalue weighted by Crippen LogP contribution is 2.41. The van der Waals surface area contributed by atoms with E-state index in [1.165, 1.54) is 49.7 Å². The van der Waals surface area contributed by atoms with E-state index in [4.69, 9.17) is 4.98 Å². The van der Waals surface area contributed by atoms with Crippen LogP contribution in [0.4, 0.5) is 11.4 Å². The van der Waals surface area contributed by atoms with Crippen molar-refractivity contribution in [3.8, 4) is 61.6 Å². The zero-order valence-electron chi connectivity index (χ0n) is 38.0. The molecular weight excluding hydrogens is 823 g/mol. The van der Waals surface area contributed by atoms with E-state index in [2.05, 4.69) is 272 Å². The van der Waals surface area contributed by atoms with E-state index in [0.29, 0.717) is 6.54 Å².